The van der Waals surface area contributed by atoms with Crippen LogP contribution in [-0.4, -0.2) is 12.1 Å². The first kappa shape index (κ1) is 11.7. The highest BCUT2D eigenvalue weighted by atomic mass is 35.5. The third kappa shape index (κ3) is 2.34. The van der Waals surface area contributed by atoms with Gasteiger partial charge < -0.3 is 4.74 Å². The maximum absolute atomic E-state index is 12.5. The van der Waals surface area contributed by atoms with Crippen molar-refractivity contribution in [1.82, 2.24) is 4.98 Å². The van der Waals surface area contributed by atoms with Crippen molar-refractivity contribution >= 4 is 11.6 Å². The Bertz CT molecular complexity index is 404. The van der Waals surface area contributed by atoms with E-state index in [4.69, 9.17) is 21.6 Å². The molecule has 0 atom stereocenters. The molecule has 3 nitrogen and oxygen atoms in total. The molecular formula is C9H7ClF2N2O. The Kier molecular flexibility index (Phi) is 3.81. The van der Waals surface area contributed by atoms with Crippen molar-refractivity contribution in [2.75, 3.05) is 7.11 Å². The number of methoxy groups -OCH3 is 1. The number of hydrogen-bond acceptors (Lipinski definition) is 3. The zero-order chi connectivity index (χ0) is 11.4. The average Bonchev–Trinajstić information content (AvgIpc) is 2.18. The van der Waals surface area contributed by atoms with Crippen LogP contribution in [0.15, 0.2) is 6.20 Å². The first-order valence-electron chi connectivity index (χ1n) is 3.98. The minimum absolute atomic E-state index is 0.0440. The molecule has 0 amide bonds. The zero-order valence-electron chi connectivity index (χ0n) is 7.80. The van der Waals surface area contributed by atoms with Crippen LogP contribution in [0.1, 0.15) is 17.7 Å². The fourth-order valence-electron chi connectivity index (χ4n) is 1.18. The maximum Gasteiger partial charge on any atom is 0.280 e. The van der Waals surface area contributed by atoms with Crippen molar-refractivity contribution in [3.63, 3.8) is 0 Å². The number of pyridine rings is 1. The Morgan fingerprint density at radius 2 is 2.33 bits per heavy atom. The molecule has 6 heteroatoms. The number of ether oxygens (including phenoxy) is 1. The van der Waals surface area contributed by atoms with Gasteiger partial charge in [-0.3, -0.25) is 4.98 Å². The molecule has 80 valence electrons. The zero-order valence-corrected chi connectivity index (χ0v) is 8.55. The molecule has 1 rings (SSSR count). The third-order valence-corrected chi connectivity index (χ3v) is 2.05. The minimum atomic E-state index is -2.75. The van der Waals surface area contributed by atoms with Crippen LogP contribution in [0.2, 0.25) is 5.02 Å². The highest BCUT2D eigenvalue weighted by Crippen LogP contribution is 2.33. The summed E-state index contributed by atoms with van der Waals surface area (Å²) in [6.07, 6.45) is -1.88. The maximum atomic E-state index is 12.5. The Morgan fingerprint density at radius 1 is 1.67 bits per heavy atom. The smallest absolute Gasteiger partial charge is 0.280 e. The average molecular weight is 233 g/mol. The van der Waals surface area contributed by atoms with Crippen LogP contribution < -0.4 is 4.74 Å². The van der Waals surface area contributed by atoms with Crippen LogP contribution in [-0.2, 0) is 6.42 Å². The Morgan fingerprint density at radius 3 is 2.80 bits per heavy atom. The lowest BCUT2D eigenvalue weighted by molar-refractivity contribution is 0.144. The molecule has 1 aromatic rings. The summed E-state index contributed by atoms with van der Waals surface area (Å²) in [7, 11) is 1.30. The highest BCUT2D eigenvalue weighted by molar-refractivity contribution is 6.32. The molecule has 0 aliphatic heterocycles. The summed E-state index contributed by atoms with van der Waals surface area (Å²) in [5, 5.41) is 8.63. The fourth-order valence-corrected chi connectivity index (χ4v) is 1.42. The van der Waals surface area contributed by atoms with Gasteiger partial charge in [0.05, 0.1) is 19.6 Å². The number of nitriles is 1. The lowest BCUT2D eigenvalue weighted by atomic mass is 10.1. The van der Waals surface area contributed by atoms with E-state index in [9.17, 15) is 8.78 Å². The molecule has 15 heavy (non-hydrogen) atoms. The lowest BCUT2D eigenvalue weighted by Gasteiger charge is -2.11. The highest BCUT2D eigenvalue weighted by Gasteiger charge is 2.20. The largest absolute Gasteiger partial charge is 0.495 e. The second-order valence-electron chi connectivity index (χ2n) is 2.64. The van der Waals surface area contributed by atoms with Gasteiger partial charge in [0.1, 0.15) is 16.5 Å². The molecule has 0 saturated carbocycles. The van der Waals surface area contributed by atoms with E-state index in [-0.39, 0.29) is 22.8 Å². The molecular weight excluding hydrogens is 226 g/mol. The molecule has 0 aliphatic carbocycles. The molecule has 0 radical (unpaired) electrons. The van der Waals surface area contributed by atoms with Crippen molar-refractivity contribution in [3.05, 3.63) is 22.5 Å². The van der Waals surface area contributed by atoms with Crippen LogP contribution in [0.3, 0.4) is 0 Å². The van der Waals surface area contributed by atoms with Gasteiger partial charge in [-0.15, -0.1) is 0 Å². The minimum Gasteiger partial charge on any atom is -0.495 e. The number of nitrogens with zero attached hydrogens (tertiary/aromatic N) is 2. The molecule has 1 heterocycles. The van der Waals surface area contributed by atoms with Crippen LogP contribution in [0, 0.1) is 11.3 Å². The van der Waals surface area contributed by atoms with E-state index in [0.29, 0.717) is 0 Å². The normalized spacial score (nSPS) is 10.1. The van der Waals surface area contributed by atoms with Gasteiger partial charge >= 0.3 is 0 Å². The van der Waals surface area contributed by atoms with E-state index in [0.717, 1.165) is 6.20 Å². The summed E-state index contributed by atoms with van der Waals surface area (Å²) < 4.78 is 29.9. The second-order valence-corrected chi connectivity index (χ2v) is 3.05. The SMILES string of the molecule is COc1c(Cl)cnc(C(F)F)c1CC#N. The van der Waals surface area contributed by atoms with Crippen molar-refractivity contribution < 1.29 is 13.5 Å². The molecule has 0 spiro atoms. The first-order chi connectivity index (χ1) is 7.11. The van der Waals surface area contributed by atoms with Crippen LogP contribution in [0.4, 0.5) is 8.78 Å². The van der Waals surface area contributed by atoms with E-state index in [1.54, 1.807) is 6.07 Å². The quantitative estimate of drug-likeness (QED) is 0.805. The summed E-state index contributed by atoms with van der Waals surface area (Å²) in [4.78, 5) is 3.49. The second kappa shape index (κ2) is 4.89. The van der Waals surface area contributed by atoms with Crippen molar-refractivity contribution in [1.29, 1.82) is 5.26 Å². The molecule has 0 aromatic carbocycles. The summed E-state index contributed by atoms with van der Waals surface area (Å²) in [5.41, 5.74) is -0.416. The first-order valence-corrected chi connectivity index (χ1v) is 4.36. The van der Waals surface area contributed by atoms with Gasteiger partial charge in [0.25, 0.3) is 6.43 Å². The van der Waals surface area contributed by atoms with E-state index < -0.39 is 12.1 Å². The van der Waals surface area contributed by atoms with Crippen molar-refractivity contribution in [2.45, 2.75) is 12.8 Å². The predicted octanol–water partition coefficient (Wildman–Crippen LogP) is 2.75. The molecule has 0 bridgehead atoms. The fraction of sp³-hybridized carbons (Fsp3) is 0.333. The molecule has 0 unspecified atom stereocenters. The summed E-state index contributed by atoms with van der Waals surface area (Å²) in [5.74, 6) is 0.0866. The molecule has 0 fully saturated rings. The van der Waals surface area contributed by atoms with Gasteiger partial charge in [-0.05, 0) is 0 Å². The Hall–Kier alpha value is -1.41. The van der Waals surface area contributed by atoms with E-state index in [2.05, 4.69) is 4.98 Å². The molecule has 0 saturated heterocycles. The van der Waals surface area contributed by atoms with Crippen molar-refractivity contribution in [3.8, 4) is 11.8 Å². The number of halogens is 3. The standard InChI is InChI=1S/C9H7ClF2N2O/c1-15-8-5(2-3-13)7(9(11)12)14-4-6(8)10/h4,9H,2H2,1H3. The third-order valence-electron chi connectivity index (χ3n) is 1.78. The van der Waals surface area contributed by atoms with Crippen LogP contribution >= 0.6 is 11.6 Å². The Balaban J connectivity index is 3.36. The van der Waals surface area contributed by atoms with Crippen LogP contribution in [0.5, 0.6) is 5.75 Å². The topological polar surface area (TPSA) is 45.9 Å². The monoisotopic (exact) mass is 232 g/mol. The number of alkyl halides is 2. The van der Waals surface area contributed by atoms with Gasteiger partial charge in [0.2, 0.25) is 0 Å². The van der Waals surface area contributed by atoms with Gasteiger partial charge in [0.15, 0.2) is 0 Å². The predicted molar refractivity (Wildman–Crippen MR) is 50.1 cm³/mol. The van der Waals surface area contributed by atoms with E-state index in [1.165, 1.54) is 7.11 Å². The van der Waals surface area contributed by atoms with Gasteiger partial charge in [-0.25, -0.2) is 8.78 Å². The molecule has 0 N–H and O–H groups in total. The van der Waals surface area contributed by atoms with E-state index in [1.807, 2.05) is 0 Å². The van der Waals surface area contributed by atoms with Gasteiger partial charge in [0, 0.05) is 11.8 Å². The number of hydrogen-bond donors (Lipinski definition) is 0. The molecule has 1 aromatic heterocycles. The van der Waals surface area contributed by atoms with Gasteiger partial charge in [-0.1, -0.05) is 11.6 Å². The summed E-state index contributed by atoms with van der Waals surface area (Å²) >= 11 is 5.70. The number of aromatic nitrogens is 1. The van der Waals surface area contributed by atoms with E-state index >= 15 is 0 Å². The van der Waals surface area contributed by atoms with Crippen LogP contribution in [0.25, 0.3) is 0 Å². The molecule has 0 aliphatic rings. The summed E-state index contributed by atoms with van der Waals surface area (Å²) in [6, 6.07) is 1.77. The van der Waals surface area contributed by atoms with Gasteiger partial charge in [-0.2, -0.15) is 5.26 Å². The van der Waals surface area contributed by atoms with Crippen molar-refractivity contribution in [2.24, 2.45) is 0 Å². The number of rotatable bonds is 3. The summed E-state index contributed by atoms with van der Waals surface area (Å²) in [6.45, 7) is 0. The lowest BCUT2D eigenvalue weighted by Crippen LogP contribution is -2.02. The Labute approximate surface area is 90.3 Å².